The normalized spacial score (nSPS) is 23.7. The van der Waals surface area contributed by atoms with Crippen LogP contribution < -0.4 is 15.0 Å². The number of hydrogen-bond donors (Lipinski definition) is 2. The monoisotopic (exact) mass is 560 g/mol. The molecule has 31 heavy (non-hydrogen) atoms. The number of carbonyl (C=O) groups excluding carboxylic acids is 1. The maximum atomic E-state index is 14.5. The van der Waals surface area contributed by atoms with Crippen LogP contribution in [0.3, 0.4) is 0 Å². The molecule has 2 N–H and O–H groups in total. The maximum absolute atomic E-state index is 14.5. The smallest absolute Gasteiger partial charge is 0.250 e. The van der Waals surface area contributed by atoms with Crippen LogP contribution in [-0.4, -0.2) is 43.4 Å². The number of ether oxygens (including phenoxy) is 2. The van der Waals surface area contributed by atoms with Gasteiger partial charge in [-0.3, -0.25) is 4.79 Å². The van der Waals surface area contributed by atoms with Gasteiger partial charge in [0.05, 0.1) is 30.7 Å². The Kier molecular flexibility index (Phi) is 6.62. The number of fused-ring (bicyclic) bond motifs is 1. The SMILES string of the molecule is C[C@@]1(COc2cccc3c2COCC(=O)N3)CCN(c2c(F)cc(Cl)cc2I)C[C@H]1O. The summed E-state index contributed by atoms with van der Waals surface area (Å²) in [7, 11) is 0. The van der Waals surface area contributed by atoms with E-state index >= 15 is 0 Å². The lowest BCUT2D eigenvalue weighted by Crippen LogP contribution is -2.52. The van der Waals surface area contributed by atoms with Gasteiger partial charge < -0.3 is 24.8 Å². The summed E-state index contributed by atoms with van der Waals surface area (Å²) < 4.78 is 26.8. The van der Waals surface area contributed by atoms with Crippen molar-refractivity contribution in [2.24, 2.45) is 5.41 Å². The summed E-state index contributed by atoms with van der Waals surface area (Å²) in [6.45, 7) is 3.40. The van der Waals surface area contributed by atoms with Crippen molar-refractivity contribution < 1.29 is 23.8 Å². The van der Waals surface area contributed by atoms with Gasteiger partial charge in [0, 0.05) is 32.7 Å². The number of rotatable bonds is 4. The molecule has 1 amide bonds. The standard InChI is InChI=1S/C22H23ClFIN2O4/c1-22(12-31-18-4-2-3-17-14(18)10-30-11-20(29)26-17)5-6-27(9-19(22)28)21-15(24)7-13(23)8-16(21)25/h2-4,7-8,19,28H,5-6,9-12H2,1H3,(H,26,29)/t19-,22+/m1/s1. The van der Waals surface area contributed by atoms with Crippen LogP contribution >= 0.6 is 34.2 Å². The number of benzene rings is 2. The molecule has 2 aromatic carbocycles. The number of piperidine rings is 1. The molecule has 2 aliphatic rings. The molecule has 1 fully saturated rings. The minimum atomic E-state index is -0.717. The molecule has 1 saturated heterocycles. The van der Waals surface area contributed by atoms with Gasteiger partial charge >= 0.3 is 0 Å². The largest absolute Gasteiger partial charge is 0.492 e. The zero-order valence-electron chi connectivity index (χ0n) is 17.0. The molecule has 2 atom stereocenters. The quantitative estimate of drug-likeness (QED) is 0.549. The second-order valence-corrected chi connectivity index (χ2v) is 9.79. The van der Waals surface area contributed by atoms with E-state index in [2.05, 4.69) is 27.9 Å². The van der Waals surface area contributed by atoms with E-state index in [1.807, 2.05) is 30.0 Å². The van der Waals surface area contributed by atoms with Crippen molar-refractivity contribution in [3.8, 4) is 5.75 Å². The molecule has 0 saturated carbocycles. The van der Waals surface area contributed by atoms with Crippen molar-refractivity contribution in [3.05, 3.63) is 50.3 Å². The van der Waals surface area contributed by atoms with Gasteiger partial charge in [0.2, 0.25) is 5.91 Å². The van der Waals surface area contributed by atoms with E-state index in [0.29, 0.717) is 45.2 Å². The average molecular weight is 561 g/mol. The molecule has 0 unspecified atom stereocenters. The Morgan fingerprint density at radius 2 is 2.23 bits per heavy atom. The molecular weight excluding hydrogens is 538 g/mol. The first-order valence-corrected chi connectivity index (χ1v) is 11.4. The van der Waals surface area contributed by atoms with Crippen LogP contribution in [-0.2, 0) is 16.1 Å². The van der Waals surface area contributed by atoms with Gasteiger partial charge in [0.25, 0.3) is 0 Å². The van der Waals surface area contributed by atoms with Crippen molar-refractivity contribution in [2.75, 3.05) is 36.5 Å². The Morgan fingerprint density at radius 1 is 1.42 bits per heavy atom. The molecule has 4 rings (SSSR count). The Bertz CT molecular complexity index is 984. The number of nitrogens with zero attached hydrogens (tertiary/aromatic N) is 1. The molecule has 0 aliphatic carbocycles. The number of carbonyl (C=O) groups is 1. The lowest BCUT2D eigenvalue weighted by molar-refractivity contribution is -0.120. The molecular formula is C22H23ClFIN2O4. The van der Waals surface area contributed by atoms with Gasteiger partial charge in [-0.2, -0.15) is 0 Å². The zero-order valence-corrected chi connectivity index (χ0v) is 19.9. The van der Waals surface area contributed by atoms with Crippen LogP contribution in [0, 0.1) is 14.8 Å². The summed E-state index contributed by atoms with van der Waals surface area (Å²) in [4.78, 5) is 13.6. The molecule has 0 bridgehead atoms. The second kappa shape index (κ2) is 9.09. The summed E-state index contributed by atoms with van der Waals surface area (Å²) in [5, 5.41) is 14.1. The number of amides is 1. The first-order chi connectivity index (χ1) is 14.8. The molecule has 0 radical (unpaired) electrons. The zero-order chi connectivity index (χ0) is 22.2. The highest BCUT2D eigenvalue weighted by molar-refractivity contribution is 14.1. The number of aliphatic hydroxyl groups is 1. The molecule has 6 nitrogen and oxygen atoms in total. The molecule has 9 heteroatoms. The predicted octanol–water partition coefficient (Wildman–Crippen LogP) is 4.21. The van der Waals surface area contributed by atoms with Gasteiger partial charge in [-0.25, -0.2) is 4.39 Å². The predicted molar refractivity (Wildman–Crippen MR) is 125 cm³/mol. The number of anilines is 2. The third kappa shape index (κ3) is 4.76. The van der Waals surface area contributed by atoms with E-state index in [9.17, 15) is 14.3 Å². The number of nitrogens with one attached hydrogen (secondary N) is 1. The van der Waals surface area contributed by atoms with Crippen molar-refractivity contribution in [1.29, 1.82) is 0 Å². The highest BCUT2D eigenvalue weighted by Crippen LogP contribution is 2.38. The van der Waals surface area contributed by atoms with E-state index < -0.39 is 17.3 Å². The number of aliphatic hydroxyl groups excluding tert-OH is 1. The molecule has 0 spiro atoms. The van der Waals surface area contributed by atoms with Gasteiger partial charge in [0.15, 0.2) is 0 Å². The third-order valence-corrected chi connectivity index (χ3v) is 6.93. The Labute approximate surface area is 198 Å². The van der Waals surface area contributed by atoms with Gasteiger partial charge in [0.1, 0.15) is 18.2 Å². The summed E-state index contributed by atoms with van der Waals surface area (Å²) in [6.07, 6.45) is -0.0976. The van der Waals surface area contributed by atoms with Crippen molar-refractivity contribution in [3.63, 3.8) is 0 Å². The highest BCUT2D eigenvalue weighted by Gasteiger charge is 2.40. The van der Waals surface area contributed by atoms with Gasteiger partial charge in [-0.15, -0.1) is 0 Å². The van der Waals surface area contributed by atoms with Crippen LogP contribution in [0.1, 0.15) is 18.9 Å². The minimum Gasteiger partial charge on any atom is -0.492 e. The van der Waals surface area contributed by atoms with Gasteiger partial charge in [-0.05, 0) is 53.3 Å². The van der Waals surface area contributed by atoms with Gasteiger partial charge in [-0.1, -0.05) is 24.6 Å². The number of hydrogen-bond acceptors (Lipinski definition) is 5. The van der Waals surface area contributed by atoms with E-state index in [-0.39, 0.29) is 25.7 Å². The van der Waals surface area contributed by atoms with E-state index in [1.54, 1.807) is 6.07 Å². The Hall–Kier alpha value is -1.62. The van der Waals surface area contributed by atoms with Crippen LogP contribution in [0.25, 0.3) is 0 Å². The van der Waals surface area contributed by atoms with Crippen molar-refractivity contribution >= 4 is 51.5 Å². The highest BCUT2D eigenvalue weighted by atomic mass is 127. The van der Waals surface area contributed by atoms with Crippen LogP contribution in [0.4, 0.5) is 15.8 Å². The topological polar surface area (TPSA) is 71.0 Å². The lowest BCUT2D eigenvalue weighted by atomic mass is 9.78. The average Bonchev–Trinajstić information content (AvgIpc) is 2.89. The maximum Gasteiger partial charge on any atom is 0.250 e. The fourth-order valence-electron chi connectivity index (χ4n) is 3.93. The molecule has 0 aromatic heterocycles. The van der Waals surface area contributed by atoms with E-state index in [0.717, 1.165) is 5.56 Å². The minimum absolute atomic E-state index is 0.000438. The summed E-state index contributed by atoms with van der Waals surface area (Å²) >= 11 is 8.01. The third-order valence-electron chi connectivity index (χ3n) is 5.89. The number of β-amino-alcohol motifs (C(OH)–C–C–N with tert-alkyl or cyclic N) is 1. The summed E-state index contributed by atoms with van der Waals surface area (Å²) in [6, 6.07) is 8.46. The van der Waals surface area contributed by atoms with Crippen LogP contribution in [0.15, 0.2) is 30.3 Å². The van der Waals surface area contributed by atoms with Crippen LogP contribution in [0.2, 0.25) is 5.02 Å². The Balaban J connectivity index is 1.47. The molecule has 2 aliphatic heterocycles. The van der Waals surface area contributed by atoms with E-state index in [1.165, 1.54) is 6.07 Å². The van der Waals surface area contributed by atoms with E-state index in [4.69, 9.17) is 21.1 Å². The molecule has 166 valence electrons. The first kappa shape index (κ1) is 22.6. The van der Waals surface area contributed by atoms with Crippen molar-refractivity contribution in [2.45, 2.75) is 26.1 Å². The van der Waals surface area contributed by atoms with Crippen molar-refractivity contribution in [1.82, 2.24) is 0 Å². The summed E-state index contributed by atoms with van der Waals surface area (Å²) in [5.41, 5.74) is 1.41. The molecule has 2 aromatic rings. The first-order valence-electron chi connectivity index (χ1n) is 9.97. The lowest BCUT2D eigenvalue weighted by Gasteiger charge is -2.44. The molecule has 2 heterocycles. The summed E-state index contributed by atoms with van der Waals surface area (Å²) in [5.74, 6) is 0.0292. The second-order valence-electron chi connectivity index (χ2n) is 8.20. The van der Waals surface area contributed by atoms with Crippen LogP contribution in [0.5, 0.6) is 5.75 Å². The number of halogens is 3. The fourth-order valence-corrected chi connectivity index (χ4v) is 5.25. The fraction of sp³-hybridized carbons (Fsp3) is 0.409. The Morgan fingerprint density at radius 3 is 2.97 bits per heavy atom.